The molecule has 0 fully saturated rings. The average molecular weight is 256 g/mol. The molecule has 2 rings (SSSR count). The Kier molecular flexibility index (Phi) is 4.05. The Morgan fingerprint density at radius 2 is 1.56 bits per heavy atom. The van der Waals surface area contributed by atoms with Crippen LogP contribution in [0.15, 0.2) is 42.5 Å². The van der Waals surface area contributed by atoms with Crippen LogP contribution in [0.1, 0.15) is 11.1 Å². The van der Waals surface area contributed by atoms with E-state index in [2.05, 4.69) is 32.0 Å². The molecular weight excluding hydrogens is 240 g/mol. The van der Waals surface area contributed by atoms with E-state index in [0.29, 0.717) is 9.76 Å². The minimum atomic E-state index is 0.334. The zero-order chi connectivity index (χ0) is 13.0. The van der Waals surface area contributed by atoms with Crippen LogP contribution in [0.3, 0.4) is 0 Å². The van der Waals surface area contributed by atoms with Crippen molar-refractivity contribution in [2.75, 3.05) is 7.11 Å². The van der Waals surface area contributed by atoms with Gasteiger partial charge >= 0.3 is 9.76 Å². The third-order valence-electron chi connectivity index (χ3n) is 2.94. The topological polar surface area (TPSA) is 18.5 Å². The van der Waals surface area contributed by atoms with Crippen molar-refractivity contribution in [3.8, 4) is 11.5 Å². The lowest BCUT2D eigenvalue weighted by Gasteiger charge is -2.09. The lowest BCUT2D eigenvalue weighted by atomic mass is 10.1. The highest BCUT2D eigenvalue weighted by Crippen LogP contribution is 2.16. The molecular formula is C15H16O2Si. The summed E-state index contributed by atoms with van der Waals surface area (Å²) in [6, 6.07) is 14.0. The van der Waals surface area contributed by atoms with Crippen LogP contribution in [0.5, 0.6) is 11.5 Å². The first-order chi connectivity index (χ1) is 8.70. The molecule has 0 heterocycles. The standard InChI is InChI=1S/C15H16O2Si/c1-11-5-4-6-15(12(11)2)18-17-14-9-7-13(16-3)8-10-14/h4-10H,1-3H3. The van der Waals surface area contributed by atoms with Gasteiger partial charge in [-0.05, 0) is 54.4 Å². The smallest absolute Gasteiger partial charge is 0.351 e. The summed E-state index contributed by atoms with van der Waals surface area (Å²) in [5.74, 6) is 1.72. The Labute approximate surface area is 111 Å². The molecule has 18 heavy (non-hydrogen) atoms. The third kappa shape index (κ3) is 2.93. The molecule has 0 saturated heterocycles. The van der Waals surface area contributed by atoms with Gasteiger partial charge in [-0.25, -0.2) is 0 Å². The van der Waals surface area contributed by atoms with Crippen molar-refractivity contribution in [2.24, 2.45) is 0 Å². The van der Waals surface area contributed by atoms with Gasteiger partial charge < -0.3 is 9.16 Å². The summed E-state index contributed by atoms with van der Waals surface area (Å²) in [4.78, 5) is 0. The zero-order valence-electron chi connectivity index (χ0n) is 10.9. The minimum absolute atomic E-state index is 0.334. The second-order valence-corrected chi connectivity index (χ2v) is 5.07. The second kappa shape index (κ2) is 5.73. The van der Waals surface area contributed by atoms with Crippen LogP contribution in [-0.2, 0) is 0 Å². The minimum Gasteiger partial charge on any atom is -0.536 e. The zero-order valence-corrected chi connectivity index (χ0v) is 11.9. The molecule has 2 aromatic rings. The summed E-state index contributed by atoms with van der Waals surface area (Å²) in [5, 5.41) is 1.26. The van der Waals surface area contributed by atoms with Gasteiger partial charge in [0.25, 0.3) is 0 Å². The van der Waals surface area contributed by atoms with Crippen LogP contribution in [0.4, 0.5) is 0 Å². The van der Waals surface area contributed by atoms with E-state index in [0.717, 1.165) is 11.5 Å². The summed E-state index contributed by atoms with van der Waals surface area (Å²) >= 11 is 0. The second-order valence-electron chi connectivity index (χ2n) is 4.13. The van der Waals surface area contributed by atoms with Crippen molar-refractivity contribution in [3.05, 3.63) is 53.6 Å². The number of rotatable bonds is 4. The molecule has 92 valence electrons. The lowest BCUT2D eigenvalue weighted by Crippen LogP contribution is -2.23. The van der Waals surface area contributed by atoms with Crippen molar-refractivity contribution in [2.45, 2.75) is 13.8 Å². The first kappa shape index (κ1) is 12.7. The molecule has 0 saturated carbocycles. The van der Waals surface area contributed by atoms with Crippen LogP contribution in [-0.4, -0.2) is 16.9 Å². The maximum Gasteiger partial charge on any atom is 0.351 e. The van der Waals surface area contributed by atoms with Crippen LogP contribution >= 0.6 is 0 Å². The predicted octanol–water partition coefficient (Wildman–Crippen LogP) is 2.64. The molecule has 0 unspecified atom stereocenters. The Balaban J connectivity index is 2.04. The fourth-order valence-electron chi connectivity index (χ4n) is 1.62. The fraction of sp³-hybridized carbons (Fsp3) is 0.200. The van der Waals surface area contributed by atoms with Gasteiger partial charge in [0.05, 0.1) is 7.11 Å². The van der Waals surface area contributed by atoms with Crippen molar-refractivity contribution >= 4 is 14.9 Å². The molecule has 0 aliphatic heterocycles. The first-order valence-corrected chi connectivity index (χ1v) is 6.74. The van der Waals surface area contributed by atoms with Crippen molar-refractivity contribution in [1.29, 1.82) is 0 Å². The molecule has 0 N–H and O–H groups in total. The molecule has 2 aromatic carbocycles. The van der Waals surface area contributed by atoms with E-state index >= 15 is 0 Å². The van der Waals surface area contributed by atoms with E-state index in [1.165, 1.54) is 16.3 Å². The summed E-state index contributed by atoms with van der Waals surface area (Å²) in [7, 11) is 1.99. The van der Waals surface area contributed by atoms with Gasteiger partial charge in [-0.15, -0.1) is 0 Å². The largest absolute Gasteiger partial charge is 0.536 e. The Bertz CT molecular complexity index is 521. The lowest BCUT2D eigenvalue weighted by molar-refractivity contribution is 0.414. The highest BCUT2D eigenvalue weighted by atomic mass is 28.2. The molecule has 0 spiro atoms. The van der Waals surface area contributed by atoms with Gasteiger partial charge in [-0.1, -0.05) is 18.2 Å². The van der Waals surface area contributed by atoms with Gasteiger partial charge in [0.15, 0.2) is 0 Å². The molecule has 0 aliphatic carbocycles. The fourth-order valence-corrected chi connectivity index (χ4v) is 2.50. The van der Waals surface area contributed by atoms with Gasteiger partial charge in [0.2, 0.25) is 0 Å². The van der Waals surface area contributed by atoms with Crippen LogP contribution < -0.4 is 14.3 Å². The molecule has 0 bridgehead atoms. The molecule has 3 heteroatoms. The van der Waals surface area contributed by atoms with E-state index in [-0.39, 0.29) is 0 Å². The van der Waals surface area contributed by atoms with E-state index < -0.39 is 0 Å². The average Bonchev–Trinajstić information content (AvgIpc) is 2.41. The van der Waals surface area contributed by atoms with Gasteiger partial charge in [-0.3, -0.25) is 0 Å². The van der Waals surface area contributed by atoms with Gasteiger partial charge in [0.1, 0.15) is 11.5 Å². The number of hydrogen-bond donors (Lipinski definition) is 0. The van der Waals surface area contributed by atoms with Crippen molar-refractivity contribution in [1.82, 2.24) is 0 Å². The monoisotopic (exact) mass is 256 g/mol. The summed E-state index contributed by atoms with van der Waals surface area (Å²) < 4.78 is 10.9. The van der Waals surface area contributed by atoms with E-state index in [1.807, 2.05) is 24.3 Å². The predicted molar refractivity (Wildman–Crippen MR) is 74.9 cm³/mol. The van der Waals surface area contributed by atoms with Crippen molar-refractivity contribution in [3.63, 3.8) is 0 Å². The maximum atomic E-state index is 5.80. The van der Waals surface area contributed by atoms with Crippen molar-refractivity contribution < 1.29 is 9.16 Å². The van der Waals surface area contributed by atoms with E-state index in [1.54, 1.807) is 7.11 Å². The summed E-state index contributed by atoms with van der Waals surface area (Å²) in [6.07, 6.45) is 0. The molecule has 0 aliphatic rings. The first-order valence-electron chi connectivity index (χ1n) is 5.84. The highest BCUT2D eigenvalue weighted by molar-refractivity contribution is 6.48. The van der Waals surface area contributed by atoms with E-state index in [9.17, 15) is 0 Å². The molecule has 0 aromatic heterocycles. The normalized spacial score (nSPS) is 10.2. The van der Waals surface area contributed by atoms with Gasteiger partial charge in [0, 0.05) is 0 Å². The van der Waals surface area contributed by atoms with Crippen LogP contribution in [0.25, 0.3) is 0 Å². The Morgan fingerprint density at radius 1 is 0.889 bits per heavy atom. The van der Waals surface area contributed by atoms with Gasteiger partial charge in [-0.2, -0.15) is 0 Å². The molecule has 2 radical (unpaired) electrons. The maximum absolute atomic E-state index is 5.80. The number of methoxy groups -OCH3 is 1. The Morgan fingerprint density at radius 3 is 2.22 bits per heavy atom. The summed E-state index contributed by atoms with van der Waals surface area (Å²) in [5.41, 5.74) is 2.61. The highest BCUT2D eigenvalue weighted by Gasteiger charge is 2.05. The third-order valence-corrected chi connectivity index (χ3v) is 4.04. The number of aryl methyl sites for hydroxylation is 1. The van der Waals surface area contributed by atoms with E-state index in [4.69, 9.17) is 9.16 Å². The SMILES string of the molecule is COc1ccc(O[Si]c2cccc(C)c2C)cc1. The molecule has 0 amide bonds. The quantitative estimate of drug-likeness (QED) is 0.783. The molecule has 0 atom stereocenters. The van der Waals surface area contributed by atoms with Crippen LogP contribution in [0, 0.1) is 13.8 Å². The molecule has 2 nitrogen and oxygen atoms in total. The summed E-state index contributed by atoms with van der Waals surface area (Å²) in [6.45, 7) is 4.26. The number of ether oxygens (including phenoxy) is 1. The Hall–Kier alpha value is -1.74. The van der Waals surface area contributed by atoms with Crippen LogP contribution in [0.2, 0.25) is 0 Å². The number of benzene rings is 2. The number of hydrogen-bond acceptors (Lipinski definition) is 2.